The SMILES string of the molecule is O=C(Cc1cccc2ccccc12)Nc1ccc(C(=O)O)cc1. The van der Waals surface area contributed by atoms with Crippen molar-refractivity contribution >= 4 is 28.3 Å². The lowest BCUT2D eigenvalue weighted by molar-refractivity contribution is -0.115. The number of amides is 1. The average molecular weight is 305 g/mol. The molecular weight excluding hydrogens is 290 g/mol. The summed E-state index contributed by atoms with van der Waals surface area (Å²) in [4.78, 5) is 23.0. The van der Waals surface area contributed by atoms with Gasteiger partial charge >= 0.3 is 5.97 Å². The van der Waals surface area contributed by atoms with Crippen molar-refractivity contribution in [2.45, 2.75) is 6.42 Å². The van der Waals surface area contributed by atoms with Crippen molar-refractivity contribution in [1.82, 2.24) is 0 Å². The number of carbonyl (C=O) groups excluding carboxylic acids is 1. The minimum Gasteiger partial charge on any atom is -0.478 e. The van der Waals surface area contributed by atoms with E-state index in [4.69, 9.17) is 5.11 Å². The Morgan fingerprint density at radius 3 is 2.30 bits per heavy atom. The molecule has 0 saturated heterocycles. The molecule has 3 aromatic rings. The Bertz CT molecular complexity index is 864. The number of carbonyl (C=O) groups is 2. The number of carboxylic acid groups (broad SMARTS) is 1. The van der Waals surface area contributed by atoms with Crippen LogP contribution in [0.5, 0.6) is 0 Å². The minimum absolute atomic E-state index is 0.135. The summed E-state index contributed by atoms with van der Waals surface area (Å²) in [5, 5.41) is 13.8. The topological polar surface area (TPSA) is 66.4 Å². The third kappa shape index (κ3) is 3.37. The molecule has 3 rings (SSSR count). The maximum Gasteiger partial charge on any atom is 0.335 e. The van der Waals surface area contributed by atoms with Gasteiger partial charge < -0.3 is 10.4 Å². The summed E-state index contributed by atoms with van der Waals surface area (Å²) in [6.07, 6.45) is 0.266. The molecule has 23 heavy (non-hydrogen) atoms. The first-order chi connectivity index (χ1) is 11.1. The quantitative estimate of drug-likeness (QED) is 0.772. The molecule has 0 saturated carbocycles. The predicted octanol–water partition coefficient (Wildman–Crippen LogP) is 3.72. The van der Waals surface area contributed by atoms with Crippen LogP contribution in [-0.2, 0) is 11.2 Å². The monoisotopic (exact) mass is 305 g/mol. The van der Waals surface area contributed by atoms with Crippen LogP contribution in [0, 0.1) is 0 Å². The van der Waals surface area contributed by atoms with E-state index in [0.717, 1.165) is 16.3 Å². The Kier molecular flexibility index (Phi) is 4.06. The van der Waals surface area contributed by atoms with Crippen LogP contribution in [0.25, 0.3) is 10.8 Å². The highest BCUT2D eigenvalue weighted by Gasteiger charge is 2.08. The van der Waals surface area contributed by atoms with Crippen LogP contribution in [0.3, 0.4) is 0 Å². The Labute approximate surface area is 133 Å². The van der Waals surface area contributed by atoms with Crippen molar-refractivity contribution in [3.8, 4) is 0 Å². The molecule has 0 fully saturated rings. The molecule has 2 N–H and O–H groups in total. The predicted molar refractivity (Wildman–Crippen MR) is 89.7 cm³/mol. The Morgan fingerprint density at radius 2 is 1.57 bits per heavy atom. The Morgan fingerprint density at radius 1 is 0.870 bits per heavy atom. The molecule has 0 aliphatic heterocycles. The fraction of sp³-hybridized carbons (Fsp3) is 0.0526. The van der Waals surface area contributed by atoms with Crippen molar-refractivity contribution in [1.29, 1.82) is 0 Å². The molecule has 3 aromatic carbocycles. The summed E-state index contributed by atoms with van der Waals surface area (Å²) in [5.74, 6) is -1.12. The molecule has 4 heteroatoms. The number of rotatable bonds is 4. The van der Waals surface area contributed by atoms with Crippen molar-refractivity contribution in [3.05, 3.63) is 77.9 Å². The van der Waals surface area contributed by atoms with Gasteiger partial charge in [0.1, 0.15) is 0 Å². The van der Waals surface area contributed by atoms with E-state index in [1.807, 2.05) is 42.5 Å². The number of anilines is 1. The van der Waals surface area contributed by atoms with Crippen LogP contribution < -0.4 is 5.32 Å². The average Bonchev–Trinajstić information content (AvgIpc) is 2.55. The Balaban J connectivity index is 1.75. The molecular formula is C19H15NO3. The van der Waals surface area contributed by atoms with Crippen molar-refractivity contribution < 1.29 is 14.7 Å². The van der Waals surface area contributed by atoms with Crippen LogP contribution in [0.1, 0.15) is 15.9 Å². The zero-order chi connectivity index (χ0) is 16.2. The van der Waals surface area contributed by atoms with Gasteiger partial charge in [0.05, 0.1) is 12.0 Å². The standard InChI is InChI=1S/C19H15NO3/c21-18(20-16-10-8-14(9-11-16)19(22)23)12-15-6-3-5-13-4-1-2-7-17(13)15/h1-11H,12H2,(H,20,21)(H,22,23). The number of aromatic carboxylic acids is 1. The van der Waals surface area contributed by atoms with Gasteiger partial charge in [0.2, 0.25) is 5.91 Å². The molecule has 0 aliphatic carbocycles. The zero-order valence-corrected chi connectivity index (χ0v) is 12.3. The summed E-state index contributed by atoms with van der Waals surface area (Å²) in [7, 11) is 0. The van der Waals surface area contributed by atoms with E-state index in [-0.39, 0.29) is 17.9 Å². The first-order valence-corrected chi connectivity index (χ1v) is 7.23. The maximum absolute atomic E-state index is 12.2. The molecule has 0 atom stereocenters. The first-order valence-electron chi connectivity index (χ1n) is 7.23. The minimum atomic E-state index is -0.987. The molecule has 114 valence electrons. The molecule has 1 amide bonds. The van der Waals surface area contributed by atoms with E-state index < -0.39 is 5.97 Å². The highest BCUT2D eigenvalue weighted by Crippen LogP contribution is 2.19. The number of hydrogen-bond acceptors (Lipinski definition) is 2. The van der Waals surface area contributed by atoms with Gasteiger partial charge in [-0.25, -0.2) is 4.79 Å². The lowest BCUT2D eigenvalue weighted by atomic mass is 10.0. The van der Waals surface area contributed by atoms with Gasteiger partial charge in [0.15, 0.2) is 0 Å². The second-order valence-corrected chi connectivity index (χ2v) is 5.25. The Hall–Kier alpha value is -3.14. The normalized spacial score (nSPS) is 10.4. The van der Waals surface area contributed by atoms with Gasteiger partial charge in [-0.05, 0) is 40.6 Å². The maximum atomic E-state index is 12.2. The molecule has 0 radical (unpaired) electrons. The highest BCUT2D eigenvalue weighted by molar-refractivity contribution is 5.96. The summed E-state index contributed by atoms with van der Waals surface area (Å²) in [6, 6.07) is 19.9. The number of fused-ring (bicyclic) bond motifs is 1. The van der Waals surface area contributed by atoms with Gasteiger partial charge in [-0.3, -0.25) is 4.79 Å². The largest absolute Gasteiger partial charge is 0.478 e. The van der Waals surface area contributed by atoms with Crippen molar-refractivity contribution in [2.24, 2.45) is 0 Å². The third-order valence-corrected chi connectivity index (χ3v) is 3.65. The van der Waals surface area contributed by atoms with Gasteiger partial charge in [-0.1, -0.05) is 42.5 Å². The number of carboxylic acids is 1. The summed E-state index contributed by atoms with van der Waals surface area (Å²) in [6.45, 7) is 0. The van der Waals surface area contributed by atoms with E-state index in [9.17, 15) is 9.59 Å². The number of hydrogen-bond donors (Lipinski definition) is 2. The van der Waals surface area contributed by atoms with E-state index in [1.165, 1.54) is 12.1 Å². The first kappa shape index (κ1) is 14.8. The van der Waals surface area contributed by atoms with Crippen LogP contribution in [0.4, 0.5) is 5.69 Å². The van der Waals surface area contributed by atoms with Gasteiger partial charge in [-0.15, -0.1) is 0 Å². The molecule has 0 aromatic heterocycles. The zero-order valence-electron chi connectivity index (χ0n) is 12.3. The van der Waals surface area contributed by atoms with E-state index >= 15 is 0 Å². The summed E-state index contributed by atoms with van der Waals surface area (Å²) in [5.41, 5.74) is 1.74. The van der Waals surface area contributed by atoms with Gasteiger partial charge in [0.25, 0.3) is 0 Å². The molecule has 0 heterocycles. The second kappa shape index (κ2) is 6.32. The number of nitrogens with one attached hydrogen (secondary N) is 1. The lowest BCUT2D eigenvalue weighted by Crippen LogP contribution is -2.14. The second-order valence-electron chi connectivity index (χ2n) is 5.25. The van der Waals surface area contributed by atoms with Gasteiger partial charge in [0, 0.05) is 5.69 Å². The van der Waals surface area contributed by atoms with Crippen molar-refractivity contribution in [2.75, 3.05) is 5.32 Å². The third-order valence-electron chi connectivity index (χ3n) is 3.65. The fourth-order valence-electron chi connectivity index (χ4n) is 2.52. The molecule has 0 aliphatic rings. The fourth-order valence-corrected chi connectivity index (χ4v) is 2.52. The van der Waals surface area contributed by atoms with E-state index in [0.29, 0.717) is 5.69 Å². The van der Waals surface area contributed by atoms with Crippen molar-refractivity contribution in [3.63, 3.8) is 0 Å². The lowest BCUT2D eigenvalue weighted by Gasteiger charge is -2.08. The number of benzene rings is 3. The smallest absolute Gasteiger partial charge is 0.335 e. The summed E-state index contributed by atoms with van der Waals surface area (Å²) >= 11 is 0. The van der Waals surface area contributed by atoms with Gasteiger partial charge in [-0.2, -0.15) is 0 Å². The van der Waals surface area contributed by atoms with Crippen LogP contribution in [0.2, 0.25) is 0 Å². The van der Waals surface area contributed by atoms with E-state index in [1.54, 1.807) is 12.1 Å². The molecule has 0 spiro atoms. The highest BCUT2D eigenvalue weighted by atomic mass is 16.4. The molecule has 4 nitrogen and oxygen atoms in total. The van der Waals surface area contributed by atoms with Crippen LogP contribution in [-0.4, -0.2) is 17.0 Å². The summed E-state index contributed by atoms with van der Waals surface area (Å²) < 4.78 is 0. The molecule has 0 unspecified atom stereocenters. The van der Waals surface area contributed by atoms with Crippen LogP contribution >= 0.6 is 0 Å². The van der Waals surface area contributed by atoms with E-state index in [2.05, 4.69) is 5.32 Å². The molecule has 0 bridgehead atoms. The van der Waals surface area contributed by atoms with Crippen LogP contribution in [0.15, 0.2) is 66.7 Å².